The van der Waals surface area contributed by atoms with Crippen molar-refractivity contribution < 1.29 is 9.53 Å². The lowest BCUT2D eigenvalue weighted by molar-refractivity contribution is 0.0944. The number of nitrogens with one attached hydrogen (secondary N) is 1. The average Bonchev–Trinajstić information content (AvgIpc) is 3.16. The van der Waals surface area contributed by atoms with Crippen LogP contribution in [0.25, 0.3) is 0 Å². The summed E-state index contributed by atoms with van der Waals surface area (Å²) in [4.78, 5) is 12.1. The second-order valence-corrected chi connectivity index (χ2v) is 5.58. The van der Waals surface area contributed by atoms with Crippen LogP contribution in [-0.2, 0) is 0 Å². The minimum atomic E-state index is -0.0612. The summed E-state index contributed by atoms with van der Waals surface area (Å²) >= 11 is 0. The highest BCUT2D eigenvalue weighted by Crippen LogP contribution is 2.43. The molecule has 1 aliphatic carbocycles. The van der Waals surface area contributed by atoms with Crippen LogP contribution >= 0.6 is 0 Å². The van der Waals surface area contributed by atoms with E-state index in [0.717, 1.165) is 18.6 Å². The lowest BCUT2D eigenvalue weighted by Gasteiger charge is -2.14. The first-order valence-corrected chi connectivity index (χ1v) is 6.80. The Kier molecular flexibility index (Phi) is 4.10. The van der Waals surface area contributed by atoms with E-state index in [-0.39, 0.29) is 17.4 Å². The zero-order chi connectivity index (χ0) is 13.9. The lowest BCUT2D eigenvalue weighted by atomic mass is 10.1. The van der Waals surface area contributed by atoms with Crippen LogP contribution in [0.5, 0.6) is 5.75 Å². The molecule has 1 amide bonds. The van der Waals surface area contributed by atoms with E-state index >= 15 is 0 Å². The lowest BCUT2D eigenvalue weighted by Crippen LogP contribution is -2.33. The van der Waals surface area contributed by atoms with Crippen LogP contribution in [0.4, 0.5) is 0 Å². The van der Waals surface area contributed by atoms with Gasteiger partial charge in [0.05, 0.1) is 6.10 Å². The van der Waals surface area contributed by atoms with Crippen molar-refractivity contribution in [1.29, 1.82) is 0 Å². The van der Waals surface area contributed by atoms with Crippen molar-refractivity contribution >= 4 is 5.91 Å². The Bertz CT molecular complexity index is 453. The van der Waals surface area contributed by atoms with Gasteiger partial charge in [-0.2, -0.15) is 0 Å². The summed E-state index contributed by atoms with van der Waals surface area (Å²) in [7, 11) is 0. The Hall–Kier alpha value is -1.55. The first-order valence-electron chi connectivity index (χ1n) is 6.80. The molecule has 0 aliphatic heterocycles. The predicted octanol–water partition coefficient (Wildman–Crippen LogP) is 1.94. The molecule has 1 aromatic rings. The molecule has 0 spiro atoms. The first-order chi connectivity index (χ1) is 9.04. The highest BCUT2D eigenvalue weighted by molar-refractivity contribution is 5.94. The van der Waals surface area contributed by atoms with Crippen LogP contribution in [0, 0.1) is 5.41 Å². The Morgan fingerprint density at radius 3 is 2.79 bits per heavy atom. The SMILES string of the molecule is CC(C)Oc1cccc(C(=O)NCC2(CN)CC2)c1. The predicted molar refractivity (Wildman–Crippen MR) is 75.3 cm³/mol. The molecule has 0 bridgehead atoms. The van der Waals surface area contributed by atoms with E-state index in [0.29, 0.717) is 18.7 Å². The van der Waals surface area contributed by atoms with E-state index in [4.69, 9.17) is 10.5 Å². The van der Waals surface area contributed by atoms with Crippen molar-refractivity contribution in [2.24, 2.45) is 11.1 Å². The van der Waals surface area contributed by atoms with Gasteiger partial charge in [-0.1, -0.05) is 6.07 Å². The maximum Gasteiger partial charge on any atom is 0.251 e. The van der Waals surface area contributed by atoms with Crippen LogP contribution in [0.3, 0.4) is 0 Å². The Labute approximate surface area is 114 Å². The summed E-state index contributed by atoms with van der Waals surface area (Å²) in [5, 5.41) is 2.96. The van der Waals surface area contributed by atoms with Gasteiger partial charge in [0.1, 0.15) is 5.75 Å². The monoisotopic (exact) mass is 262 g/mol. The highest BCUT2D eigenvalue weighted by atomic mass is 16.5. The third-order valence-corrected chi connectivity index (χ3v) is 3.48. The van der Waals surface area contributed by atoms with Gasteiger partial charge in [-0.25, -0.2) is 0 Å². The Morgan fingerprint density at radius 2 is 2.21 bits per heavy atom. The third kappa shape index (κ3) is 3.70. The second-order valence-electron chi connectivity index (χ2n) is 5.58. The van der Waals surface area contributed by atoms with E-state index < -0.39 is 0 Å². The zero-order valence-corrected chi connectivity index (χ0v) is 11.6. The average molecular weight is 262 g/mol. The minimum Gasteiger partial charge on any atom is -0.491 e. The molecular formula is C15H22N2O2. The van der Waals surface area contributed by atoms with E-state index in [9.17, 15) is 4.79 Å². The zero-order valence-electron chi connectivity index (χ0n) is 11.6. The molecule has 1 saturated carbocycles. The topological polar surface area (TPSA) is 64.3 Å². The number of rotatable bonds is 6. The van der Waals surface area contributed by atoms with Gasteiger partial charge in [0, 0.05) is 17.5 Å². The largest absolute Gasteiger partial charge is 0.491 e. The molecule has 19 heavy (non-hydrogen) atoms. The van der Waals surface area contributed by atoms with Crippen molar-refractivity contribution in [2.45, 2.75) is 32.8 Å². The maximum absolute atomic E-state index is 12.1. The smallest absolute Gasteiger partial charge is 0.251 e. The van der Waals surface area contributed by atoms with Gasteiger partial charge in [-0.05, 0) is 51.4 Å². The third-order valence-electron chi connectivity index (χ3n) is 3.48. The summed E-state index contributed by atoms with van der Waals surface area (Å²) in [5.41, 5.74) is 6.49. The van der Waals surface area contributed by atoms with Gasteiger partial charge in [0.15, 0.2) is 0 Å². The van der Waals surface area contributed by atoms with E-state index in [1.54, 1.807) is 12.1 Å². The van der Waals surface area contributed by atoms with Gasteiger partial charge in [0.25, 0.3) is 5.91 Å². The molecule has 4 heteroatoms. The minimum absolute atomic E-state index is 0.0612. The van der Waals surface area contributed by atoms with Gasteiger partial charge < -0.3 is 15.8 Å². The number of amides is 1. The van der Waals surface area contributed by atoms with E-state index in [1.807, 2.05) is 26.0 Å². The molecule has 1 fully saturated rings. The maximum atomic E-state index is 12.1. The van der Waals surface area contributed by atoms with Crippen molar-refractivity contribution in [2.75, 3.05) is 13.1 Å². The fourth-order valence-corrected chi connectivity index (χ4v) is 1.98. The summed E-state index contributed by atoms with van der Waals surface area (Å²) in [6, 6.07) is 7.27. The number of benzene rings is 1. The summed E-state index contributed by atoms with van der Waals surface area (Å²) in [6.45, 7) is 5.23. The van der Waals surface area contributed by atoms with Crippen LogP contribution in [0.2, 0.25) is 0 Å². The van der Waals surface area contributed by atoms with Crippen LogP contribution < -0.4 is 15.8 Å². The standard InChI is InChI=1S/C15H22N2O2/c1-11(2)19-13-5-3-4-12(8-13)14(18)17-10-15(9-16)6-7-15/h3-5,8,11H,6-7,9-10,16H2,1-2H3,(H,17,18). The van der Waals surface area contributed by atoms with Crippen LogP contribution in [-0.4, -0.2) is 25.1 Å². The van der Waals surface area contributed by atoms with Crippen molar-refractivity contribution in [1.82, 2.24) is 5.32 Å². The fourth-order valence-electron chi connectivity index (χ4n) is 1.98. The first kappa shape index (κ1) is 13.9. The molecule has 2 rings (SSSR count). The molecule has 0 aromatic heterocycles. The molecule has 104 valence electrons. The number of nitrogens with two attached hydrogens (primary N) is 1. The number of carbonyl (C=O) groups is 1. The van der Waals surface area contributed by atoms with Crippen LogP contribution in [0.1, 0.15) is 37.0 Å². The van der Waals surface area contributed by atoms with Crippen molar-refractivity contribution in [3.63, 3.8) is 0 Å². The second kappa shape index (κ2) is 5.61. The molecular weight excluding hydrogens is 240 g/mol. The van der Waals surface area contributed by atoms with E-state index in [1.165, 1.54) is 0 Å². The molecule has 0 unspecified atom stereocenters. The van der Waals surface area contributed by atoms with Gasteiger partial charge in [-0.3, -0.25) is 4.79 Å². The summed E-state index contributed by atoms with van der Waals surface area (Å²) in [6.07, 6.45) is 2.32. The van der Waals surface area contributed by atoms with Gasteiger partial charge in [0.2, 0.25) is 0 Å². The number of ether oxygens (including phenoxy) is 1. The quantitative estimate of drug-likeness (QED) is 0.823. The molecule has 0 atom stereocenters. The normalized spacial score (nSPS) is 16.2. The summed E-state index contributed by atoms with van der Waals surface area (Å²) in [5.74, 6) is 0.663. The van der Waals surface area contributed by atoms with Gasteiger partial charge >= 0.3 is 0 Å². The van der Waals surface area contributed by atoms with E-state index in [2.05, 4.69) is 5.32 Å². The molecule has 0 saturated heterocycles. The molecule has 0 radical (unpaired) electrons. The highest BCUT2D eigenvalue weighted by Gasteiger charge is 2.41. The Balaban J connectivity index is 1.95. The number of hydrogen-bond acceptors (Lipinski definition) is 3. The van der Waals surface area contributed by atoms with Crippen molar-refractivity contribution in [3.8, 4) is 5.75 Å². The summed E-state index contributed by atoms with van der Waals surface area (Å²) < 4.78 is 5.58. The molecule has 1 aromatic carbocycles. The van der Waals surface area contributed by atoms with Gasteiger partial charge in [-0.15, -0.1) is 0 Å². The molecule has 0 heterocycles. The molecule has 4 nitrogen and oxygen atoms in total. The van der Waals surface area contributed by atoms with Crippen LogP contribution in [0.15, 0.2) is 24.3 Å². The number of hydrogen-bond donors (Lipinski definition) is 2. The number of carbonyl (C=O) groups excluding carboxylic acids is 1. The fraction of sp³-hybridized carbons (Fsp3) is 0.533. The van der Waals surface area contributed by atoms with Crippen molar-refractivity contribution in [3.05, 3.63) is 29.8 Å². The molecule has 3 N–H and O–H groups in total. The Morgan fingerprint density at radius 1 is 1.47 bits per heavy atom. The molecule has 1 aliphatic rings.